The lowest BCUT2D eigenvalue weighted by atomic mass is 10.1. The minimum Gasteiger partial charge on any atom is -0.674 e. The first-order valence-electron chi connectivity index (χ1n) is 13.7. The lowest BCUT2D eigenvalue weighted by molar-refractivity contribution is -0.137. The first kappa shape index (κ1) is 37.5. The lowest BCUT2D eigenvalue weighted by Gasteiger charge is -2.17. The SMILES string of the molecule is CS(=O)(=O)c1ccc(C[NH-])cc1.Cc1c(C(N)=NO)cc(C(=O)NCc2ccc(S(C)(=O)=O)cc2)c(=O)n1-c1cccc(C(F)(F)F)c1. The number of oxime groups is 1. The van der Waals surface area contributed by atoms with Gasteiger partial charge >= 0.3 is 6.18 Å². The Kier molecular flexibility index (Phi) is 11.6. The largest absolute Gasteiger partial charge is 0.674 e. The van der Waals surface area contributed by atoms with Crippen LogP contribution in [-0.2, 0) is 38.9 Å². The Balaban J connectivity index is 0.000000437. The maximum atomic E-state index is 13.2. The number of sulfone groups is 2. The molecule has 0 bridgehead atoms. The van der Waals surface area contributed by atoms with Gasteiger partial charge in [0, 0.05) is 36.0 Å². The Bertz CT molecular complexity index is 2110. The number of amides is 1. The van der Waals surface area contributed by atoms with Crippen LogP contribution < -0.4 is 16.6 Å². The number of alkyl halides is 3. The summed E-state index contributed by atoms with van der Waals surface area (Å²) in [5.74, 6) is -1.33. The van der Waals surface area contributed by atoms with Crippen LogP contribution in [0.5, 0.6) is 0 Å². The summed E-state index contributed by atoms with van der Waals surface area (Å²) in [6.07, 6.45) is -2.46. The highest BCUT2D eigenvalue weighted by molar-refractivity contribution is 7.91. The second-order valence-corrected chi connectivity index (χ2v) is 14.5. The summed E-state index contributed by atoms with van der Waals surface area (Å²) in [6.45, 7) is 1.47. The van der Waals surface area contributed by atoms with Crippen LogP contribution >= 0.6 is 0 Å². The lowest BCUT2D eigenvalue weighted by Crippen LogP contribution is -2.35. The molecule has 5 N–H and O–H groups in total. The van der Waals surface area contributed by atoms with Crippen molar-refractivity contribution in [1.29, 1.82) is 0 Å². The molecule has 256 valence electrons. The van der Waals surface area contributed by atoms with E-state index in [0.29, 0.717) is 10.5 Å². The van der Waals surface area contributed by atoms with Gasteiger partial charge in [0.25, 0.3) is 11.5 Å². The number of aromatic nitrogens is 1. The highest BCUT2D eigenvalue weighted by atomic mass is 32.2. The number of rotatable bonds is 8. The second kappa shape index (κ2) is 14.8. The molecule has 0 aliphatic rings. The van der Waals surface area contributed by atoms with Crippen molar-refractivity contribution in [2.45, 2.75) is 36.0 Å². The van der Waals surface area contributed by atoms with Crippen molar-refractivity contribution < 1.29 is 40.0 Å². The molecule has 0 unspecified atom stereocenters. The molecule has 1 amide bonds. The Hall–Kier alpha value is -5.00. The fraction of sp³-hybridized carbons (Fsp3) is 0.194. The fourth-order valence-electron chi connectivity index (χ4n) is 4.30. The minimum absolute atomic E-state index is 0.0440. The summed E-state index contributed by atoms with van der Waals surface area (Å²) >= 11 is 0. The summed E-state index contributed by atoms with van der Waals surface area (Å²) in [5, 5.41) is 14.5. The van der Waals surface area contributed by atoms with Gasteiger partial charge in [-0.25, -0.2) is 16.8 Å². The van der Waals surface area contributed by atoms with Crippen LogP contribution in [0.1, 0.15) is 38.3 Å². The van der Waals surface area contributed by atoms with Crippen LogP contribution in [0.15, 0.2) is 98.6 Å². The summed E-state index contributed by atoms with van der Waals surface area (Å²) in [7, 11) is -6.50. The molecule has 3 aromatic carbocycles. The van der Waals surface area contributed by atoms with E-state index in [0.717, 1.165) is 40.7 Å². The zero-order valence-electron chi connectivity index (χ0n) is 25.7. The number of carbonyl (C=O) groups excluding carboxylic acids is 1. The van der Waals surface area contributed by atoms with Gasteiger partial charge in [-0.15, -0.1) is 6.54 Å². The van der Waals surface area contributed by atoms with E-state index in [2.05, 4.69) is 10.5 Å². The number of nitrogens with two attached hydrogens (primary N) is 1. The predicted molar refractivity (Wildman–Crippen MR) is 173 cm³/mol. The molecule has 1 heterocycles. The average Bonchev–Trinajstić information content (AvgIpc) is 3.03. The number of pyridine rings is 1. The number of hydrogen-bond acceptors (Lipinski definition) is 8. The van der Waals surface area contributed by atoms with Gasteiger partial charge in [0.1, 0.15) is 5.56 Å². The zero-order valence-corrected chi connectivity index (χ0v) is 27.4. The fourth-order valence-corrected chi connectivity index (χ4v) is 5.56. The van der Waals surface area contributed by atoms with E-state index in [1.54, 1.807) is 12.1 Å². The monoisotopic (exact) mass is 706 g/mol. The van der Waals surface area contributed by atoms with Crippen molar-refractivity contribution in [3.05, 3.63) is 128 Å². The molecule has 48 heavy (non-hydrogen) atoms. The molecule has 4 aromatic rings. The molecule has 0 aliphatic carbocycles. The topological polar surface area (TPSA) is 202 Å². The highest BCUT2D eigenvalue weighted by Gasteiger charge is 2.31. The summed E-state index contributed by atoms with van der Waals surface area (Å²) < 4.78 is 85.8. The van der Waals surface area contributed by atoms with Gasteiger partial charge in [0.2, 0.25) is 0 Å². The molecular formula is C31H31F3N5O7S2-. The van der Waals surface area contributed by atoms with Crippen LogP contribution in [-0.4, -0.2) is 50.9 Å². The Morgan fingerprint density at radius 1 is 0.896 bits per heavy atom. The maximum Gasteiger partial charge on any atom is 0.416 e. The van der Waals surface area contributed by atoms with Crippen LogP contribution in [0, 0.1) is 6.92 Å². The Labute approximate surface area is 274 Å². The van der Waals surface area contributed by atoms with Crippen molar-refractivity contribution in [1.82, 2.24) is 9.88 Å². The van der Waals surface area contributed by atoms with Gasteiger partial charge in [0.15, 0.2) is 25.5 Å². The number of nitrogens with zero attached hydrogens (tertiary/aromatic N) is 2. The third-order valence-electron chi connectivity index (χ3n) is 6.87. The summed E-state index contributed by atoms with van der Waals surface area (Å²) in [6, 6.07) is 17.1. The van der Waals surface area contributed by atoms with Gasteiger partial charge in [-0.1, -0.05) is 41.1 Å². The molecule has 17 heteroatoms. The molecule has 0 aliphatic heterocycles. The molecule has 1 aromatic heterocycles. The van der Waals surface area contributed by atoms with Gasteiger partial charge in [-0.3, -0.25) is 14.2 Å². The first-order chi connectivity index (χ1) is 22.3. The molecule has 0 saturated carbocycles. The third-order valence-corrected chi connectivity index (χ3v) is 9.12. The number of amidine groups is 1. The van der Waals surface area contributed by atoms with Gasteiger partial charge in [-0.05, 0) is 61.0 Å². The minimum atomic E-state index is -4.68. The van der Waals surface area contributed by atoms with E-state index in [4.69, 9.17) is 16.7 Å². The van der Waals surface area contributed by atoms with Crippen LogP contribution in [0.2, 0.25) is 0 Å². The number of carbonyl (C=O) groups is 1. The number of benzene rings is 3. The van der Waals surface area contributed by atoms with E-state index < -0.39 is 54.3 Å². The van der Waals surface area contributed by atoms with Gasteiger partial charge in [0.05, 0.1) is 15.4 Å². The standard InChI is InChI=1S/C23H21F3N4O5S.C8H10NO2S/c1-13-18(20(27)29-33)11-19(21(31)28-12-14-6-8-17(9-7-14)36(2,34)35)22(32)30(13)16-5-3-4-15(10-16)23(24,25)26;1-12(10,11)8-4-2-7(6-9)3-5-8/h3-11,33H,12H2,1-2H3,(H2,27,29)(H,28,31);2-5,9H,6H2,1H3/q;-1. The molecule has 0 radical (unpaired) electrons. The summed E-state index contributed by atoms with van der Waals surface area (Å²) in [5.41, 5.74) is 11.5. The molecule has 12 nitrogen and oxygen atoms in total. The molecular weight excluding hydrogens is 675 g/mol. The average molecular weight is 707 g/mol. The molecule has 0 fully saturated rings. The van der Waals surface area contributed by atoms with Crippen molar-refractivity contribution >= 4 is 31.4 Å². The molecule has 4 rings (SSSR count). The maximum absolute atomic E-state index is 13.2. The van der Waals surface area contributed by atoms with Crippen molar-refractivity contribution in [2.75, 3.05) is 12.5 Å². The first-order valence-corrected chi connectivity index (χ1v) is 17.5. The molecule has 0 spiro atoms. The number of nitrogens with one attached hydrogen (secondary N) is 2. The van der Waals surface area contributed by atoms with Crippen LogP contribution in [0.25, 0.3) is 11.4 Å². The third kappa shape index (κ3) is 9.30. The smallest absolute Gasteiger partial charge is 0.416 e. The zero-order chi connectivity index (χ0) is 36.0. The highest BCUT2D eigenvalue weighted by Crippen LogP contribution is 2.30. The normalized spacial score (nSPS) is 12.2. The van der Waals surface area contributed by atoms with Crippen LogP contribution in [0.3, 0.4) is 0 Å². The van der Waals surface area contributed by atoms with E-state index in [-0.39, 0.29) is 34.9 Å². The van der Waals surface area contributed by atoms with Gasteiger partial charge in [-0.2, -0.15) is 13.2 Å². The van der Waals surface area contributed by atoms with E-state index in [1.807, 2.05) is 0 Å². The van der Waals surface area contributed by atoms with E-state index in [1.165, 1.54) is 55.6 Å². The van der Waals surface area contributed by atoms with Crippen molar-refractivity contribution in [3.8, 4) is 5.69 Å². The summed E-state index contributed by atoms with van der Waals surface area (Å²) in [4.78, 5) is 26.5. The predicted octanol–water partition coefficient (Wildman–Crippen LogP) is 4.24. The molecule has 0 saturated heterocycles. The number of halogens is 3. The van der Waals surface area contributed by atoms with E-state index in [9.17, 15) is 39.6 Å². The van der Waals surface area contributed by atoms with Crippen molar-refractivity contribution in [2.24, 2.45) is 10.9 Å². The van der Waals surface area contributed by atoms with Gasteiger partial charge < -0.3 is 22.0 Å². The molecule has 0 atom stereocenters. The Morgan fingerprint density at radius 3 is 1.88 bits per heavy atom. The quantitative estimate of drug-likeness (QED) is 0.104. The second-order valence-electron chi connectivity index (χ2n) is 10.4. The van der Waals surface area contributed by atoms with Crippen LogP contribution in [0.4, 0.5) is 13.2 Å². The number of hydrogen-bond donors (Lipinski definition) is 3. The van der Waals surface area contributed by atoms with E-state index >= 15 is 0 Å². The van der Waals surface area contributed by atoms with Crippen molar-refractivity contribution in [3.63, 3.8) is 0 Å². The Morgan fingerprint density at radius 2 is 1.42 bits per heavy atom.